The van der Waals surface area contributed by atoms with E-state index in [0.717, 1.165) is 30.0 Å². The third kappa shape index (κ3) is 4.05. The summed E-state index contributed by atoms with van der Waals surface area (Å²) >= 11 is 7.34. The van der Waals surface area contributed by atoms with Crippen LogP contribution in [-0.4, -0.2) is 21.9 Å². The van der Waals surface area contributed by atoms with Crippen LogP contribution in [0.3, 0.4) is 0 Å². The van der Waals surface area contributed by atoms with Crippen molar-refractivity contribution in [2.45, 2.75) is 31.7 Å². The molecule has 0 unspecified atom stereocenters. The van der Waals surface area contributed by atoms with Gasteiger partial charge in [-0.25, -0.2) is 9.67 Å². The number of alkyl halides is 1. The van der Waals surface area contributed by atoms with E-state index in [1.54, 1.807) is 17.4 Å². The van der Waals surface area contributed by atoms with Gasteiger partial charge in [0.1, 0.15) is 0 Å². The fourth-order valence-corrected chi connectivity index (χ4v) is 2.83. The van der Waals surface area contributed by atoms with Gasteiger partial charge in [0.25, 0.3) is 5.56 Å². The standard InChI is InChI=1S/C13H16ClN3O2S/c1-19-11-5-6-13(18)17(16-11)7-3-2-4-12-15-10(8-14)9-20-12/h5-6,9H,2-4,7-8H2,1H3. The Bertz CT molecular complexity index is 612. The summed E-state index contributed by atoms with van der Waals surface area (Å²) in [6, 6.07) is 3.04. The molecule has 20 heavy (non-hydrogen) atoms. The summed E-state index contributed by atoms with van der Waals surface area (Å²) in [5.41, 5.74) is 0.821. The molecule has 0 saturated heterocycles. The largest absolute Gasteiger partial charge is 0.480 e. The Morgan fingerprint density at radius 3 is 2.95 bits per heavy atom. The summed E-state index contributed by atoms with van der Waals surface area (Å²) in [7, 11) is 1.54. The number of rotatable bonds is 7. The van der Waals surface area contributed by atoms with Gasteiger partial charge in [0.05, 0.1) is 23.7 Å². The molecular formula is C13H16ClN3O2S. The topological polar surface area (TPSA) is 57.0 Å². The third-order valence-corrected chi connectivity index (χ3v) is 4.03. The number of halogens is 1. The molecule has 0 aliphatic rings. The van der Waals surface area contributed by atoms with Crippen LogP contribution in [0.2, 0.25) is 0 Å². The first-order chi connectivity index (χ1) is 9.72. The fraction of sp³-hybridized carbons (Fsp3) is 0.462. The molecule has 0 aromatic carbocycles. The summed E-state index contributed by atoms with van der Waals surface area (Å²) in [5, 5.41) is 7.18. The quantitative estimate of drug-likeness (QED) is 0.582. The van der Waals surface area contributed by atoms with Gasteiger partial charge in [0, 0.05) is 24.1 Å². The van der Waals surface area contributed by atoms with Crippen molar-refractivity contribution in [3.05, 3.63) is 38.6 Å². The molecule has 108 valence electrons. The second-order valence-corrected chi connectivity index (χ2v) is 5.47. The van der Waals surface area contributed by atoms with Crippen molar-refractivity contribution in [3.8, 4) is 5.88 Å². The van der Waals surface area contributed by atoms with Crippen LogP contribution in [0.4, 0.5) is 0 Å². The first-order valence-electron chi connectivity index (χ1n) is 6.34. The predicted molar refractivity (Wildman–Crippen MR) is 79.7 cm³/mol. The molecular weight excluding hydrogens is 298 g/mol. The Kier molecular flexibility index (Phi) is 5.55. The minimum absolute atomic E-state index is 0.107. The van der Waals surface area contributed by atoms with E-state index >= 15 is 0 Å². The number of unbranched alkanes of at least 4 members (excludes halogenated alkanes) is 1. The van der Waals surface area contributed by atoms with Gasteiger partial charge in [-0.3, -0.25) is 4.79 Å². The number of aryl methyl sites for hydroxylation is 2. The zero-order valence-electron chi connectivity index (χ0n) is 11.2. The molecule has 0 radical (unpaired) electrons. The van der Waals surface area contributed by atoms with E-state index in [9.17, 15) is 4.79 Å². The highest BCUT2D eigenvalue weighted by atomic mass is 35.5. The van der Waals surface area contributed by atoms with Gasteiger partial charge < -0.3 is 4.74 Å². The molecule has 7 heteroatoms. The van der Waals surface area contributed by atoms with E-state index in [4.69, 9.17) is 16.3 Å². The molecule has 0 aliphatic carbocycles. The number of hydrogen-bond acceptors (Lipinski definition) is 5. The highest BCUT2D eigenvalue weighted by Gasteiger charge is 2.03. The summed E-state index contributed by atoms with van der Waals surface area (Å²) in [4.78, 5) is 16.0. The fourth-order valence-electron chi connectivity index (χ4n) is 1.76. The van der Waals surface area contributed by atoms with Gasteiger partial charge in [0.2, 0.25) is 5.88 Å². The molecule has 0 atom stereocenters. The van der Waals surface area contributed by atoms with E-state index in [2.05, 4.69) is 10.1 Å². The molecule has 0 amide bonds. The number of ether oxygens (including phenoxy) is 1. The maximum absolute atomic E-state index is 11.6. The lowest BCUT2D eigenvalue weighted by Gasteiger charge is -2.05. The Labute approximate surface area is 126 Å². The Balaban J connectivity index is 1.82. The molecule has 0 saturated carbocycles. The minimum atomic E-state index is -0.107. The molecule has 2 heterocycles. The summed E-state index contributed by atoms with van der Waals surface area (Å²) in [5.74, 6) is 0.913. The van der Waals surface area contributed by atoms with Crippen LogP contribution in [0.25, 0.3) is 0 Å². The maximum atomic E-state index is 11.6. The zero-order chi connectivity index (χ0) is 14.4. The van der Waals surface area contributed by atoms with Crippen molar-refractivity contribution < 1.29 is 4.74 Å². The highest BCUT2D eigenvalue weighted by molar-refractivity contribution is 7.09. The molecule has 2 aromatic rings. The van der Waals surface area contributed by atoms with Crippen molar-refractivity contribution in [2.75, 3.05) is 7.11 Å². The Morgan fingerprint density at radius 2 is 2.25 bits per heavy atom. The number of hydrogen-bond donors (Lipinski definition) is 0. The molecule has 0 spiro atoms. The van der Waals surface area contributed by atoms with Crippen LogP contribution in [0.1, 0.15) is 23.5 Å². The van der Waals surface area contributed by atoms with Crippen molar-refractivity contribution in [2.24, 2.45) is 0 Å². The predicted octanol–water partition coefficient (Wildman–Crippen LogP) is 2.47. The summed E-state index contributed by atoms with van der Waals surface area (Å²) in [6.45, 7) is 0.587. The van der Waals surface area contributed by atoms with Crippen LogP contribution in [0.15, 0.2) is 22.3 Å². The smallest absolute Gasteiger partial charge is 0.266 e. The van der Waals surface area contributed by atoms with E-state index in [-0.39, 0.29) is 5.56 Å². The Morgan fingerprint density at radius 1 is 1.40 bits per heavy atom. The molecule has 0 aliphatic heterocycles. The minimum Gasteiger partial charge on any atom is -0.480 e. The molecule has 2 rings (SSSR count). The highest BCUT2D eigenvalue weighted by Crippen LogP contribution is 2.14. The van der Waals surface area contributed by atoms with E-state index in [0.29, 0.717) is 18.3 Å². The monoisotopic (exact) mass is 313 g/mol. The van der Waals surface area contributed by atoms with E-state index in [1.165, 1.54) is 17.9 Å². The normalized spacial score (nSPS) is 10.7. The molecule has 2 aromatic heterocycles. The second-order valence-electron chi connectivity index (χ2n) is 4.26. The molecule has 0 N–H and O–H groups in total. The SMILES string of the molecule is COc1ccc(=O)n(CCCCc2nc(CCl)cs2)n1. The van der Waals surface area contributed by atoms with Gasteiger partial charge in [-0.1, -0.05) is 0 Å². The molecule has 0 bridgehead atoms. The third-order valence-electron chi connectivity index (χ3n) is 2.80. The Hall–Kier alpha value is -1.40. The zero-order valence-corrected chi connectivity index (χ0v) is 12.8. The van der Waals surface area contributed by atoms with Crippen LogP contribution in [0.5, 0.6) is 5.88 Å². The van der Waals surface area contributed by atoms with Gasteiger partial charge >= 0.3 is 0 Å². The van der Waals surface area contributed by atoms with Crippen LogP contribution in [-0.2, 0) is 18.8 Å². The maximum Gasteiger partial charge on any atom is 0.266 e. The van der Waals surface area contributed by atoms with Crippen molar-refractivity contribution in [1.82, 2.24) is 14.8 Å². The lowest BCUT2D eigenvalue weighted by atomic mass is 10.2. The van der Waals surface area contributed by atoms with Crippen molar-refractivity contribution in [3.63, 3.8) is 0 Å². The van der Waals surface area contributed by atoms with Crippen LogP contribution in [0, 0.1) is 0 Å². The van der Waals surface area contributed by atoms with E-state index in [1.807, 2.05) is 5.38 Å². The number of thiazole rings is 1. The average Bonchev–Trinajstić information content (AvgIpc) is 2.93. The van der Waals surface area contributed by atoms with Crippen LogP contribution < -0.4 is 10.3 Å². The van der Waals surface area contributed by atoms with Crippen molar-refractivity contribution >= 4 is 22.9 Å². The summed E-state index contributed by atoms with van der Waals surface area (Å²) in [6.07, 6.45) is 2.73. The van der Waals surface area contributed by atoms with Gasteiger partial charge in [-0.15, -0.1) is 28.0 Å². The number of nitrogens with zero attached hydrogens (tertiary/aromatic N) is 3. The van der Waals surface area contributed by atoms with Gasteiger partial charge in [-0.05, 0) is 19.3 Å². The van der Waals surface area contributed by atoms with Gasteiger partial charge in [-0.2, -0.15) is 0 Å². The van der Waals surface area contributed by atoms with Crippen molar-refractivity contribution in [1.29, 1.82) is 0 Å². The first kappa shape index (κ1) is 15.0. The lowest BCUT2D eigenvalue weighted by Crippen LogP contribution is -2.22. The van der Waals surface area contributed by atoms with Gasteiger partial charge in [0.15, 0.2) is 0 Å². The number of methoxy groups -OCH3 is 1. The van der Waals surface area contributed by atoms with Crippen LogP contribution >= 0.6 is 22.9 Å². The average molecular weight is 314 g/mol. The van der Waals surface area contributed by atoms with E-state index < -0.39 is 0 Å². The molecule has 5 nitrogen and oxygen atoms in total. The molecule has 0 fully saturated rings. The summed E-state index contributed by atoms with van der Waals surface area (Å²) < 4.78 is 6.44. The number of aromatic nitrogens is 3. The second kappa shape index (κ2) is 7.40. The lowest BCUT2D eigenvalue weighted by molar-refractivity contribution is 0.373. The first-order valence-corrected chi connectivity index (χ1v) is 7.75.